The van der Waals surface area contributed by atoms with Gasteiger partial charge in [0.2, 0.25) is 5.91 Å². The molecule has 0 radical (unpaired) electrons. The summed E-state index contributed by atoms with van der Waals surface area (Å²) in [6, 6.07) is 12.4. The quantitative estimate of drug-likeness (QED) is 0.367. The van der Waals surface area contributed by atoms with Gasteiger partial charge in [-0.3, -0.25) is 19.3 Å². The minimum absolute atomic E-state index is 0.180. The van der Waals surface area contributed by atoms with E-state index in [1.54, 1.807) is 58.3 Å². The van der Waals surface area contributed by atoms with E-state index in [9.17, 15) is 9.59 Å². The van der Waals surface area contributed by atoms with Crippen LogP contribution in [0.5, 0.6) is 0 Å². The molecular weight excluding hydrogens is 440 g/mol. The van der Waals surface area contributed by atoms with Gasteiger partial charge in [-0.1, -0.05) is 17.8 Å². The number of amides is 2. The number of carbonyl (C=O) groups is 2. The fourth-order valence-electron chi connectivity index (χ4n) is 3.00. The zero-order valence-corrected chi connectivity index (χ0v) is 18.7. The number of hydrogen-bond donors (Lipinski definition) is 2. The minimum atomic E-state index is -0.307. The van der Waals surface area contributed by atoms with Gasteiger partial charge in [0.15, 0.2) is 11.0 Å². The Balaban J connectivity index is 1.30. The Morgan fingerprint density at radius 3 is 2.73 bits per heavy atom. The first-order chi connectivity index (χ1) is 16.1. The average molecular weight is 463 g/mol. The van der Waals surface area contributed by atoms with E-state index in [1.165, 1.54) is 17.3 Å². The summed E-state index contributed by atoms with van der Waals surface area (Å²) >= 11 is 1.28. The van der Waals surface area contributed by atoms with Crippen LogP contribution in [0.3, 0.4) is 0 Å². The molecule has 11 heteroatoms. The lowest BCUT2D eigenvalue weighted by Crippen LogP contribution is -2.16. The highest BCUT2D eigenvalue weighted by Crippen LogP contribution is 2.16. The number of anilines is 2. The number of hydrogen-bond acceptors (Lipinski definition) is 7. The summed E-state index contributed by atoms with van der Waals surface area (Å²) in [4.78, 5) is 28.9. The number of nitrogens with one attached hydrogen (secondary N) is 2. The Hall–Kier alpha value is -3.99. The summed E-state index contributed by atoms with van der Waals surface area (Å²) in [6.07, 6.45) is 7.73. The third-order valence-corrected chi connectivity index (χ3v) is 5.71. The maximum absolute atomic E-state index is 12.7. The van der Waals surface area contributed by atoms with Gasteiger partial charge < -0.3 is 15.2 Å². The first-order valence-corrected chi connectivity index (χ1v) is 11.2. The Kier molecular flexibility index (Phi) is 7.10. The summed E-state index contributed by atoms with van der Waals surface area (Å²) in [5.74, 6) is 0.136. The standard InChI is InChI=1S/C22H22N8O2S/c1-29-15-24-27-22(29)33-14-20(31)25-18-4-2-3-17(13-18)21(32)26-19-8-12-30(28-19)11-7-16-5-9-23-10-6-16/h2-6,8-10,12-13,15H,7,11,14H2,1H3,(H,25,31)(H,26,28,32). The number of nitrogens with zero attached hydrogens (tertiary/aromatic N) is 6. The first kappa shape index (κ1) is 22.2. The van der Waals surface area contributed by atoms with Gasteiger partial charge in [-0.2, -0.15) is 5.10 Å². The molecule has 1 aromatic carbocycles. The molecule has 3 aromatic heterocycles. The summed E-state index contributed by atoms with van der Waals surface area (Å²) in [6.45, 7) is 0.688. The molecule has 0 spiro atoms. The van der Waals surface area contributed by atoms with Crippen molar-refractivity contribution in [2.24, 2.45) is 7.05 Å². The van der Waals surface area contributed by atoms with Crippen molar-refractivity contribution in [3.05, 3.63) is 78.5 Å². The molecule has 0 fully saturated rings. The van der Waals surface area contributed by atoms with Crippen LogP contribution in [0.15, 0.2) is 72.5 Å². The minimum Gasteiger partial charge on any atom is -0.325 e. The van der Waals surface area contributed by atoms with Crippen LogP contribution in [-0.4, -0.2) is 47.1 Å². The normalized spacial score (nSPS) is 10.7. The number of pyridine rings is 1. The van der Waals surface area contributed by atoms with Crippen molar-refractivity contribution >= 4 is 35.1 Å². The predicted octanol–water partition coefficient (Wildman–Crippen LogP) is 2.63. The number of carbonyl (C=O) groups excluding carboxylic acids is 2. The molecule has 4 rings (SSSR count). The molecular formula is C22H22N8O2S. The van der Waals surface area contributed by atoms with Gasteiger partial charge in [0.25, 0.3) is 5.91 Å². The maximum Gasteiger partial charge on any atom is 0.256 e. The van der Waals surface area contributed by atoms with Crippen LogP contribution in [0.2, 0.25) is 0 Å². The molecule has 168 valence electrons. The lowest BCUT2D eigenvalue weighted by molar-refractivity contribution is -0.113. The average Bonchev–Trinajstić information content (AvgIpc) is 3.45. The molecule has 2 N–H and O–H groups in total. The lowest BCUT2D eigenvalue weighted by Gasteiger charge is -2.07. The summed E-state index contributed by atoms with van der Waals surface area (Å²) in [5, 5.41) is 18.4. The molecule has 0 bridgehead atoms. The van der Waals surface area contributed by atoms with E-state index in [4.69, 9.17) is 0 Å². The molecule has 3 heterocycles. The van der Waals surface area contributed by atoms with Gasteiger partial charge in [0.1, 0.15) is 6.33 Å². The largest absolute Gasteiger partial charge is 0.325 e. The molecule has 0 saturated carbocycles. The van der Waals surface area contributed by atoms with Gasteiger partial charge >= 0.3 is 0 Å². The molecule has 4 aromatic rings. The topological polar surface area (TPSA) is 120 Å². The maximum atomic E-state index is 12.7. The summed E-state index contributed by atoms with van der Waals surface area (Å²) in [5.41, 5.74) is 2.12. The van der Waals surface area contributed by atoms with Crippen molar-refractivity contribution in [3.63, 3.8) is 0 Å². The zero-order chi connectivity index (χ0) is 23.0. The van der Waals surface area contributed by atoms with Gasteiger partial charge in [-0.05, 0) is 42.3 Å². The molecule has 33 heavy (non-hydrogen) atoms. The fraction of sp³-hybridized carbons (Fsp3) is 0.182. The second kappa shape index (κ2) is 10.6. The van der Waals surface area contributed by atoms with Gasteiger partial charge in [0, 0.05) is 49.5 Å². The molecule has 0 atom stereocenters. The van der Waals surface area contributed by atoms with E-state index in [2.05, 4.69) is 30.9 Å². The fourth-order valence-corrected chi connectivity index (χ4v) is 3.69. The molecule has 0 unspecified atom stereocenters. The van der Waals surface area contributed by atoms with Gasteiger partial charge in [-0.25, -0.2) is 0 Å². The number of rotatable bonds is 9. The Bertz CT molecular complexity index is 1240. The van der Waals surface area contributed by atoms with Crippen LogP contribution in [0.1, 0.15) is 15.9 Å². The van der Waals surface area contributed by atoms with Crippen LogP contribution >= 0.6 is 11.8 Å². The molecule has 0 saturated heterocycles. The van der Waals surface area contributed by atoms with Crippen molar-refractivity contribution in [3.8, 4) is 0 Å². The highest BCUT2D eigenvalue weighted by Gasteiger charge is 2.11. The number of aromatic nitrogens is 6. The monoisotopic (exact) mass is 462 g/mol. The zero-order valence-electron chi connectivity index (χ0n) is 17.9. The van der Waals surface area contributed by atoms with Gasteiger partial charge in [0.05, 0.1) is 5.75 Å². The Labute approximate surface area is 194 Å². The Morgan fingerprint density at radius 2 is 1.94 bits per heavy atom. The highest BCUT2D eigenvalue weighted by molar-refractivity contribution is 7.99. The van der Waals surface area contributed by atoms with Crippen molar-refractivity contribution in [2.75, 3.05) is 16.4 Å². The van der Waals surface area contributed by atoms with E-state index < -0.39 is 0 Å². The van der Waals surface area contributed by atoms with Gasteiger partial charge in [-0.15, -0.1) is 10.2 Å². The van der Waals surface area contributed by atoms with E-state index in [1.807, 2.05) is 25.4 Å². The van der Waals surface area contributed by atoms with Crippen molar-refractivity contribution < 1.29 is 9.59 Å². The van der Waals surface area contributed by atoms with Crippen LogP contribution in [0.25, 0.3) is 0 Å². The van der Waals surface area contributed by atoms with Crippen LogP contribution in [-0.2, 0) is 24.8 Å². The summed E-state index contributed by atoms with van der Waals surface area (Å²) < 4.78 is 3.52. The molecule has 0 aliphatic heterocycles. The lowest BCUT2D eigenvalue weighted by atomic mass is 10.2. The highest BCUT2D eigenvalue weighted by atomic mass is 32.2. The number of benzene rings is 1. The molecule has 10 nitrogen and oxygen atoms in total. The van der Waals surface area contributed by atoms with E-state index in [0.29, 0.717) is 28.8 Å². The molecule has 0 aliphatic rings. The van der Waals surface area contributed by atoms with E-state index >= 15 is 0 Å². The third-order valence-electron chi connectivity index (χ3n) is 4.67. The van der Waals surface area contributed by atoms with E-state index in [-0.39, 0.29) is 17.6 Å². The third kappa shape index (κ3) is 6.26. The SMILES string of the molecule is Cn1cnnc1SCC(=O)Nc1cccc(C(=O)Nc2ccn(CCc3ccncc3)n2)c1. The van der Waals surface area contributed by atoms with Crippen molar-refractivity contribution in [1.29, 1.82) is 0 Å². The molecule has 0 aliphatic carbocycles. The van der Waals surface area contributed by atoms with Crippen LogP contribution in [0.4, 0.5) is 11.5 Å². The Morgan fingerprint density at radius 1 is 1.09 bits per heavy atom. The first-order valence-electron chi connectivity index (χ1n) is 10.2. The number of thioether (sulfide) groups is 1. The second-order valence-electron chi connectivity index (χ2n) is 7.17. The van der Waals surface area contributed by atoms with Crippen LogP contribution in [0, 0.1) is 0 Å². The van der Waals surface area contributed by atoms with E-state index in [0.717, 1.165) is 6.42 Å². The van der Waals surface area contributed by atoms with Crippen molar-refractivity contribution in [1.82, 2.24) is 29.5 Å². The summed E-state index contributed by atoms with van der Waals surface area (Å²) in [7, 11) is 1.81. The smallest absolute Gasteiger partial charge is 0.256 e. The second-order valence-corrected chi connectivity index (χ2v) is 8.11. The van der Waals surface area contributed by atoms with Crippen LogP contribution < -0.4 is 10.6 Å². The predicted molar refractivity (Wildman–Crippen MR) is 125 cm³/mol. The van der Waals surface area contributed by atoms with Crippen molar-refractivity contribution in [2.45, 2.75) is 18.1 Å². The number of aryl methyl sites for hydroxylation is 3. The molecule has 2 amide bonds.